The molecule has 0 radical (unpaired) electrons. The molecule has 1 aromatic heterocycles. The lowest BCUT2D eigenvalue weighted by atomic mass is 9.76. The molecule has 1 rings (SSSR count). The van der Waals surface area contributed by atoms with Gasteiger partial charge in [-0.25, -0.2) is 0 Å². The zero-order chi connectivity index (χ0) is 15.8. The van der Waals surface area contributed by atoms with E-state index >= 15 is 0 Å². The first kappa shape index (κ1) is 17.6. The Hall–Kier alpha value is -1.42. The normalized spacial score (nSPS) is 13.5. The van der Waals surface area contributed by atoms with Crippen LogP contribution in [0.3, 0.4) is 0 Å². The van der Waals surface area contributed by atoms with Gasteiger partial charge in [-0.2, -0.15) is 0 Å². The van der Waals surface area contributed by atoms with Crippen LogP contribution in [0, 0.1) is 0 Å². The molecule has 5 N–H and O–H groups in total. The van der Waals surface area contributed by atoms with E-state index < -0.39 is 31.6 Å². The lowest BCUT2D eigenvalue weighted by Crippen LogP contribution is -2.47. The Kier molecular flexibility index (Phi) is 7.37. The summed E-state index contributed by atoms with van der Waals surface area (Å²) in [4.78, 5) is 23.0. The number of carboxylic acid groups (broad SMARTS) is 1. The number of aliphatic hydroxyl groups is 1. The summed E-state index contributed by atoms with van der Waals surface area (Å²) in [6.45, 7) is 0. The molecule has 1 heterocycles. The number of carboxylic acids is 1. The van der Waals surface area contributed by atoms with Crippen LogP contribution in [0.1, 0.15) is 24.1 Å². The summed E-state index contributed by atoms with van der Waals surface area (Å²) in [5, 5.41) is 40.7. The molecular weight excluding hydrogens is 297 g/mol. The largest absolute Gasteiger partial charge is 0.481 e. The van der Waals surface area contributed by atoms with E-state index in [1.807, 2.05) is 11.4 Å². The van der Waals surface area contributed by atoms with E-state index in [1.54, 1.807) is 6.07 Å². The average molecular weight is 315 g/mol. The molecule has 0 bridgehead atoms. The van der Waals surface area contributed by atoms with Gasteiger partial charge in [0, 0.05) is 4.88 Å². The fourth-order valence-corrected chi connectivity index (χ4v) is 2.50. The molecule has 0 aliphatic rings. The molecule has 0 saturated heterocycles. The van der Waals surface area contributed by atoms with Crippen LogP contribution in [0.2, 0.25) is 0 Å². The summed E-state index contributed by atoms with van der Waals surface area (Å²) < 4.78 is 0. The van der Waals surface area contributed by atoms with Gasteiger partial charge in [0.25, 0.3) is 0 Å². The first-order chi connectivity index (χ1) is 9.88. The summed E-state index contributed by atoms with van der Waals surface area (Å²) in [6.07, 6.45) is -1.25. The van der Waals surface area contributed by atoms with Gasteiger partial charge < -0.3 is 25.6 Å². The minimum absolute atomic E-state index is 0.0495. The van der Waals surface area contributed by atoms with Crippen molar-refractivity contribution in [1.29, 1.82) is 0 Å². The predicted octanol–water partition coefficient (Wildman–Crippen LogP) is -0.597. The standard InChI is InChI=1S/C12H18BNO6S/c15-8(6-12(17)18)3-4-10(13(19)20)14-11(16)7-9-2-1-5-21-9/h1-2,5,8,10,15,19-20H,3-4,6-7H2,(H,14,16)(H,17,18)/t8-,10-/m0/s1. The third-order valence-corrected chi connectivity index (χ3v) is 3.72. The third kappa shape index (κ3) is 7.23. The number of nitrogens with one attached hydrogen (secondary N) is 1. The van der Waals surface area contributed by atoms with E-state index in [-0.39, 0.29) is 25.2 Å². The van der Waals surface area contributed by atoms with Crippen molar-refractivity contribution in [3.8, 4) is 0 Å². The number of rotatable bonds is 9. The Bertz CT molecular complexity index is 453. The molecule has 0 aromatic carbocycles. The van der Waals surface area contributed by atoms with Crippen molar-refractivity contribution >= 4 is 30.3 Å². The highest BCUT2D eigenvalue weighted by Crippen LogP contribution is 2.10. The van der Waals surface area contributed by atoms with E-state index in [9.17, 15) is 24.7 Å². The van der Waals surface area contributed by atoms with Gasteiger partial charge in [0.05, 0.1) is 24.9 Å². The van der Waals surface area contributed by atoms with Crippen molar-refractivity contribution in [3.05, 3.63) is 22.4 Å². The highest BCUT2D eigenvalue weighted by molar-refractivity contribution is 7.10. The third-order valence-electron chi connectivity index (χ3n) is 2.84. The molecule has 7 nitrogen and oxygen atoms in total. The number of thiophene rings is 1. The van der Waals surface area contributed by atoms with Crippen LogP contribution in [0.4, 0.5) is 0 Å². The van der Waals surface area contributed by atoms with Crippen molar-refractivity contribution in [1.82, 2.24) is 5.32 Å². The molecular formula is C12H18BNO6S. The SMILES string of the molecule is O=C(O)C[C@@H](O)CC[C@H](NC(=O)Cc1cccs1)B(O)O. The van der Waals surface area contributed by atoms with Gasteiger partial charge in [-0.3, -0.25) is 9.59 Å². The topological polar surface area (TPSA) is 127 Å². The number of hydrogen-bond donors (Lipinski definition) is 5. The molecule has 0 saturated carbocycles. The molecule has 116 valence electrons. The van der Waals surface area contributed by atoms with Crippen LogP contribution in [-0.4, -0.2) is 51.3 Å². The maximum Gasteiger partial charge on any atom is 0.475 e. The summed E-state index contributed by atoms with van der Waals surface area (Å²) >= 11 is 1.42. The van der Waals surface area contributed by atoms with E-state index in [2.05, 4.69) is 5.32 Å². The fourth-order valence-electron chi connectivity index (χ4n) is 1.80. The molecule has 0 aliphatic carbocycles. The Balaban J connectivity index is 2.42. The Morgan fingerprint density at radius 2 is 2.05 bits per heavy atom. The molecule has 0 aliphatic heterocycles. The molecule has 0 spiro atoms. The molecule has 0 unspecified atom stereocenters. The second-order valence-corrected chi connectivity index (χ2v) is 5.71. The second-order valence-electron chi connectivity index (χ2n) is 4.67. The van der Waals surface area contributed by atoms with Crippen LogP contribution in [-0.2, 0) is 16.0 Å². The monoisotopic (exact) mass is 315 g/mol. The molecule has 1 aromatic rings. The van der Waals surface area contributed by atoms with Crippen LogP contribution >= 0.6 is 11.3 Å². The van der Waals surface area contributed by atoms with E-state index in [4.69, 9.17) is 5.11 Å². The van der Waals surface area contributed by atoms with Crippen LogP contribution in [0.25, 0.3) is 0 Å². The lowest BCUT2D eigenvalue weighted by molar-refractivity contribution is -0.139. The minimum Gasteiger partial charge on any atom is -0.481 e. The van der Waals surface area contributed by atoms with Gasteiger partial charge in [-0.1, -0.05) is 6.07 Å². The van der Waals surface area contributed by atoms with Crippen molar-refractivity contribution < 1.29 is 29.9 Å². The second kappa shape index (κ2) is 8.78. The van der Waals surface area contributed by atoms with Crippen molar-refractivity contribution in [2.75, 3.05) is 0 Å². The summed E-state index contributed by atoms with van der Waals surface area (Å²) in [5.74, 6) is -2.44. The number of carbonyl (C=O) groups excluding carboxylic acids is 1. The van der Waals surface area contributed by atoms with Crippen molar-refractivity contribution in [3.63, 3.8) is 0 Å². The van der Waals surface area contributed by atoms with Crippen molar-refractivity contribution in [2.45, 2.75) is 37.7 Å². The van der Waals surface area contributed by atoms with Crippen LogP contribution in [0.5, 0.6) is 0 Å². The minimum atomic E-state index is -1.77. The lowest BCUT2D eigenvalue weighted by Gasteiger charge is -2.19. The van der Waals surface area contributed by atoms with Gasteiger partial charge in [0.1, 0.15) is 0 Å². The zero-order valence-corrected chi connectivity index (χ0v) is 12.1. The number of hydrogen-bond acceptors (Lipinski definition) is 6. The number of aliphatic hydroxyl groups excluding tert-OH is 1. The fraction of sp³-hybridized carbons (Fsp3) is 0.500. The molecule has 2 atom stereocenters. The summed E-state index contributed by atoms with van der Waals surface area (Å²) in [7, 11) is -1.77. The van der Waals surface area contributed by atoms with Gasteiger partial charge in [-0.15, -0.1) is 11.3 Å². The van der Waals surface area contributed by atoms with Crippen LogP contribution < -0.4 is 5.32 Å². The van der Waals surface area contributed by atoms with Gasteiger partial charge in [0.2, 0.25) is 5.91 Å². The van der Waals surface area contributed by atoms with Crippen LogP contribution in [0.15, 0.2) is 17.5 Å². The molecule has 9 heteroatoms. The highest BCUT2D eigenvalue weighted by Gasteiger charge is 2.26. The molecule has 0 fully saturated rings. The Morgan fingerprint density at radius 1 is 1.33 bits per heavy atom. The van der Waals surface area contributed by atoms with Crippen molar-refractivity contribution in [2.24, 2.45) is 0 Å². The summed E-state index contributed by atoms with van der Waals surface area (Å²) in [6, 6.07) is 3.61. The Labute approximate surface area is 126 Å². The predicted molar refractivity (Wildman–Crippen MR) is 77.6 cm³/mol. The number of carbonyl (C=O) groups is 2. The first-order valence-corrected chi connectivity index (χ1v) is 7.34. The summed E-state index contributed by atoms with van der Waals surface area (Å²) in [5.41, 5.74) is 0. The van der Waals surface area contributed by atoms with E-state index in [1.165, 1.54) is 11.3 Å². The maximum absolute atomic E-state index is 11.8. The Morgan fingerprint density at radius 3 is 2.57 bits per heavy atom. The van der Waals surface area contributed by atoms with Gasteiger partial charge in [0.15, 0.2) is 0 Å². The first-order valence-electron chi connectivity index (χ1n) is 6.46. The number of aliphatic carboxylic acids is 1. The van der Waals surface area contributed by atoms with Gasteiger partial charge in [-0.05, 0) is 24.3 Å². The average Bonchev–Trinajstić information content (AvgIpc) is 2.85. The highest BCUT2D eigenvalue weighted by atomic mass is 32.1. The maximum atomic E-state index is 11.8. The molecule has 1 amide bonds. The number of amides is 1. The van der Waals surface area contributed by atoms with E-state index in [0.29, 0.717) is 0 Å². The van der Waals surface area contributed by atoms with Gasteiger partial charge >= 0.3 is 13.1 Å². The smallest absolute Gasteiger partial charge is 0.475 e. The zero-order valence-electron chi connectivity index (χ0n) is 11.3. The molecule has 21 heavy (non-hydrogen) atoms. The quantitative estimate of drug-likeness (QED) is 0.387. The van der Waals surface area contributed by atoms with E-state index in [0.717, 1.165) is 4.88 Å².